The first kappa shape index (κ1) is 17.2. The lowest BCUT2D eigenvalue weighted by atomic mass is 9.96. The smallest absolute Gasteiger partial charge is 0.254 e. The molecule has 0 unspecified atom stereocenters. The van der Waals surface area contributed by atoms with Crippen molar-refractivity contribution >= 4 is 11.9 Å². The molecule has 0 radical (unpaired) electrons. The van der Waals surface area contributed by atoms with Crippen LogP contribution in [0.5, 0.6) is 5.75 Å². The Labute approximate surface area is 148 Å². The molecule has 1 aliphatic carbocycles. The van der Waals surface area contributed by atoms with Gasteiger partial charge in [0, 0.05) is 25.0 Å². The monoisotopic (exact) mass is 340 g/mol. The Balaban J connectivity index is 1.51. The molecule has 25 heavy (non-hydrogen) atoms. The summed E-state index contributed by atoms with van der Waals surface area (Å²) in [6.07, 6.45) is 9.28. The van der Waals surface area contributed by atoms with Crippen molar-refractivity contribution in [3.05, 3.63) is 47.8 Å². The Kier molecular flexibility index (Phi) is 5.82. The molecule has 0 atom stereocenters. The molecule has 2 N–H and O–H groups in total. The minimum absolute atomic E-state index is 0.181. The topological polar surface area (TPSA) is 76.1 Å². The molecule has 1 amide bonds. The van der Waals surface area contributed by atoms with E-state index in [-0.39, 0.29) is 5.91 Å². The number of hydrogen-bond acceptors (Lipinski definition) is 5. The molecule has 1 heterocycles. The molecule has 2 aromatic rings. The summed E-state index contributed by atoms with van der Waals surface area (Å²) in [7, 11) is 1.63. The quantitative estimate of drug-likeness (QED) is 0.845. The standard InChI is InChI=1S/C19H24N4O2/c1-25-17-9-7-14(8-10-17)11-20-18(24)15-12-21-19(22-13-15)23-16-5-3-2-4-6-16/h7-10,12-13,16H,2-6,11H2,1H3,(H,20,24)(H,21,22,23). The van der Waals surface area contributed by atoms with Crippen molar-refractivity contribution < 1.29 is 9.53 Å². The Morgan fingerprint density at radius 1 is 1.12 bits per heavy atom. The molecule has 6 nitrogen and oxygen atoms in total. The highest BCUT2D eigenvalue weighted by molar-refractivity contribution is 5.93. The second-order valence-corrected chi connectivity index (χ2v) is 6.31. The van der Waals surface area contributed by atoms with Gasteiger partial charge >= 0.3 is 0 Å². The van der Waals surface area contributed by atoms with Crippen LogP contribution < -0.4 is 15.4 Å². The van der Waals surface area contributed by atoms with E-state index in [1.165, 1.54) is 19.3 Å². The Hall–Kier alpha value is -2.63. The third-order valence-electron chi connectivity index (χ3n) is 4.46. The number of anilines is 1. The minimum Gasteiger partial charge on any atom is -0.497 e. The number of methoxy groups -OCH3 is 1. The van der Waals surface area contributed by atoms with Crippen molar-refractivity contribution in [2.75, 3.05) is 12.4 Å². The first-order valence-electron chi connectivity index (χ1n) is 8.74. The molecular formula is C19H24N4O2. The number of carbonyl (C=O) groups excluding carboxylic acids is 1. The summed E-state index contributed by atoms with van der Waals surface area (Å²) in [5.74, 6) is 1.21. The molecule has 1 aromatic heterocycles. The summed E-state index contributed by atoms with van der Waals surface area (Å²) < 4.78 is 5.12. The summed E-state index contributed by atoms with van der Waals surface area (Å²) in [6, 6.07) is 8.04. The van der Waals surface area contributed by atoms with Crippen LogP contribution in [0.25, 0.3) is 0 Å². The van der Waals surface area contributed by atoms with Crippen LogP contribution in [-0.2, 0) is 6.54 Å². The molecule has 0 bridgehead atoms. The molecule has 1 aliphatic rings. The average Bonchev–Trinajstić information content (AvgIpc) is 2.68. The maximum Gasteiger partial charge on any atom is 0.254 e. The van der Waals surface area contributed by atoms with Gasteiger partial charge in [0.25, 0.3) is 5.91 Å². The van der Waals surface area contributed by atoms with E-state index in [0.717, 1.165) is 24.2 Å². The van der Waals surface area contributed by atoms with E-state index in [1.54, 1.807) is 19.5 Å². The lowest BCUT2D eigenvalue weighted by Gasteiger charge is -2.22. The zero-order valence-electron chi connectivity index (χ0n) is 14.5. The molecule has 1 aromatic carbocycles. The summed E-state index contributed by atoms with van der Waals surface area (Å²) in [5.41, 5.74) is 1.47. The number of aromatic nitrogens is 2. The second kappa shape index (κ2) is 8.46. The third kappa shape index (κ3) is 4.92. The van der Waals surface area contributed by atoms with Crippen molar-refractivity contribution in [3.63, 3.8) is 0 Å². The van der Waals surface area contributed by atoms with Crippen LogP contribution in [0.1, 0.15) is 48.0 Å². The number of hydrogen-bond donors (Lipinski definition) is 2. The van der Waals surface area contributed by atoms with Crippen LogP contribution in [-0.4, -0.2) is 29.0 Å². The number of benzene rings is 1. The van der Waals surface area contributed by atoms with Crippen LogP contribution in [0, 0.1) is 0 Å². The van der Waals surface area contributed by atoms with E-state index in [2.05, 4.69) is 20.6 Å². The predicted octanol–water partition coefficient (Wildman–Crippen LogP) is 3.16. The summed E-state index contributed by atoms with van der Waals surface area (Å²) in [6.45, 7) is 0.449. The molecule has 0 aliphatic heterocycles. The number of ether oxygens (including phenoxy) is 1. The highest BCUT2D eigenvalue weighted by atomic mass is 16.5. The summed E-state index contributed by atoms with van der Waals surface area (Å²) in [4.78, 5) is 20.8. The van der Waals surface area contributed by atoms with Gasteiger partial charge in [0.2, 0.25) is 5.95 Å². The van der Waals surface area contributed by atoms with Crippen LogP contribution >= 0.6 is 0 Å². The normalized spacial score (nSPS) is 14.8. The molecule has 0 spiro atoms. The summed E-state index contributed by atoms with van der Waals surface area (Å²) in [5, 5.41) is 6.22. The first-order valence-corrected chi connectivity index (χ1v) is 8.74. The predicted molar refractivity (Wildman–Crippen MR) is 96.7 cm³/mol. The van der Waals surface area contributed by atoms with Crippen molar-refractivity contribution in [2.24, 2.45) is 0 Å². The van der Waals surface area contributed by atoms with Gasteiger partial charge in [-0.25, -0.2) is 9.97 Å². The molecule has 3 rings (SSSR count). The van der Waals surface area contributed by atoms with Crippen molar-refractivity contribution in [2.45, 2.75) is 44.7 Å². The van der Waals surface area contributed by atoms with E-state index in [9.17, 15) is 4.79 Å². The molecule has 1 saturated carbocycles. The fourth-order valence-electron chi connectivity index (χ4n) is 2.98. The fraction of sp³-hybridized carbons (Fsp3) is 0.421. The number of rotatable bonds is 6. The van der Waals surface area contributed by atoms with E-state index in [4.69, 9.17) is 4.74 Å². The molecular weight excluding hydrogens is 316 g/mol. The number of amides is 1. The maximum absolute atomic E-state index is 12.2. The van der Waals surface area contributed by atoms with Gasteiger partial charge < -0.3 is 15.4 Å². The van der Waals surface area contributed by atoms with Gasteiger partial charge in [-0.2, -0.15) is 0 Å². The van der Waals surface area contributed by atoms with Crippen LogP contribution in [0.2, 0.25) is 0 Å². The maximum atomic E-state index is 12.2. The Bertz CT molecular complexity index is 680. The van der Waals surface area contributed by atoms with Crippen LogP contribution in [0.3, 0.4) is 0 Å². The second-order valence-electron chi connectivity index (χ2n) is 6.31. The Morgan fingerprint density at radius 3 is 2.44 bits per heavy atom. The van der Waals surface area contributed by atoms with E-state index >= 15 is 0 Å². The summed E-state index contributed by atoms with van der Waals surface area (Å²) >= 11 is 0. The number of nitrogens with one attached hydrogen (secondary N) is 2. The van der Waals surface area contributed by atoms with E-state index in [0.29, 0.717) is 24.1 Å². The van der Waals surface area contributed by atoms with Gasteiger partial charge in [-0.3, -0.25) is 4.79 Å². The zero-order chi connectivity index (χ0) is 17.5. The molecule has 0 saturated heterocycles. The van der Waals surface area contributed by atoms with Crippen molar-refractivity contribution in [3.8, 4) is 5.75 Å². The molecule has 6 heteroatoms. The van der Waals surface area contributed by atoms with Gasteiger partial charge in [0.1, 0.15) is 5.75 Å². The van der Waals surface area contributed by atoms with Gasteiger partial charge in [-0.05, 0) is 30.5 Å². The van der Waals surface area contributed by atoms with Gasteiger partial charge in [-0.15, -0.1) is 0 Å². The third-order valence-corrected chi connectivity index (χ3v) is 4.46. The number of carbonyl (C=O) groups is 1. The first-order chi connectivity index (χ1) is 12.2. The van der Waals surface area contributed by atoms with Gasteiger partial charge in [0.15, 0.2) is 0 Å². The van der Waals surface area contributed by atoms with Crippen molar-refractivity contribution in [1.82, 2.24) is 15.3 Å². The SMILES string of the molecule is COc1ccc(CNC(=O)c2cnc(NC3CCCCC3)nc2)cc1. The van der Waals surface area contributed by atoms with Gasteiger partial charge in [0.05, 0.1) is 12.7 Å². The van der Waals surface area contributed by atoms with E-state index in [1.807, 2.05) is 24.3 Å². The highest BCUT2D eigenvalue weighted by Crippen LogP contribution is 2.20. The van der Waals surface area contributed by atoms with Crippen molar-refractivity contribution in [1.29, 1.82) is 0 Å². The largest absolute Gasteiger partial charge is 0.497 e. The Morgan fingerprint density at radius 2 is 1.80 bits per heavy atom. The van der Waals surface area contributed by atoms with Gasteiger partial charge in [-0.1, -0.05) is 31.4 Å². The van der Waals surface area contributed by atoms with Crippen LogP contribution in [0.15, 0.2) is 36.7 Å². The lowest BCUT2D eigenvalue weighted by molar-refractivity contribution is 0.0950. The molecule has 132 valence electrons. The van der Waals surface area contributed by atoms with Crippen LogP contribution in [0.4, 0.5) is 5.95 Å². The minimum atomic E-state index is -0.181. The van der Waals surface area contributed by atoms with E-state index < -0.39 is 0 Å². The fourth-order valence-corrected chi connectivity index (χ4v) is 2.98. The molecule has 1 fully saturated rings. The number of nitrogens with zero attached hydrogens (tertiary/aromatic N) is 2. The average molecular weight is 340 g/mol. The highest BCUT2D eigenvalue weighted by Gasteiger charge is 2.14. The zero-order valence-corrected chi connectivity index (χ0v) is 14.5. The lowest BCUT2D eigenvalue weighted by Crippen LogP contribution is -2.25.